The lowest BCUT2D eigenvalue weighted by atomic mass is 9.95. The number of halogens is 5. The Morgan fingerprint density at radius 3 is 2.79 bits per heavy atom. The predicted molar refractivity (Wildman–Crippen MR) is 166 cm³/mol. The molecule has 2 N–H and O–H groups in total. The van der Waals surface area contributed by atoms with Gasteiger partial charge in [-0.25, -0.2) is 13.8 Å². The minimum atomic E-state index is -4.84. The van der Waals surface area contributed by atoms with Crippen LogP contribution in [0.5, 0.6) is 11.9 Å². The first-order valence-electron chi connectivity index (χ1n) is 15.3. The zero-order chi connectivity index (χ0) is 33.2. The summed E-state index contributed by atoms with van der Waals surface area (Å²) in [7, 11) is 0. The molecule has 2 aromatic carbocycles. The molecule has 15 heteroatoms. The maximum absolute atomic E-state index is 14.7. The van der Waals surface area contributed by atoms with Crippen molar-refractivity contribution in [2.75, 3.05) is 32.0 Å². The third kappa shape index (κ3) is 5.52. The second-order valence-corrected chi connectivity index (χ2v) is 13.4. The zero-order valence-corrected chi connectivity index (χ0v) is 26.1. The van der Waals surface area contributed by atoms with Gasteiger partial charge in [0.15, 0.2) is 5.13 Å². The topological polar surface area (TPSA) is 107 Å². The Morgan fingerprint density at radius 2 is 2.02 bits per heavy atom. The van der Waals surface area contributed by atoms with Gasteiger partial charge in [0, 0.05) is 31.5 Å². The average molecular weight is 675 g/mol. The van der Waals surface area contributed by atoms with Crippen LogP contribution in [0.3, 0.4) is 0 Å². The summed E-state index contributed by atoms with van der Waals surface area (Å²) in [6, 6.07) is 3.88. The van der Waals surface area contributed by atoms with Gasteiger partial charge in [0.05, 0.1) is 38.3 Å². The van der Waals surface area contributed by atoms with Crippen molar-refractivity contribution in [1.82, 2.24) is 24.8 Å². The van der Waals surface area contributed by atoms with Gasteiger partial charge in [0.2, 0.25) is 11.8 Å². The number of anilines is 1. The van der Waals surface area contributed by atoms with Crippen molar-refractivity contribution >= 4 is 43.5 Å². The van der Waals surface area contributed by atoms with Gasteiger partial charge < -0.3 is 20.1 Å². The number of likely N-dealkylation sites (tertiary alicyclic amines) is 1. The van der Waals surface area contributed by atoms with Gasteiger partial charge in [0.25, 0.3) is 0 Å². The van der Waals surface area contributed by atoms with Gasteiger partial charge in [0.1, 0.15) is 24.7 Å². The van der Waals surface area contributed by atoms with Crippen LogP contribution in [0.25, 0.3) is 32.2 Å². The third-order valence-electron chi connectivity index (χ3n) is 9.52. The quantitative estimate of drug-likeness (QED) is 0.184. The van der Waals surface area contributed by atoms with E-state index in [0.717, 1.165) is 42.9 Å². The van der Waals surface area contributed by atoms with E-state index in [-0.39, 0.29) is 61.8 Å². The summed E-state index contributed by atoms with van der Waals surface area (Å²) in [6.45, 7) is 6.82. The maximum atomic E-state index is 14.7. The molecule has 7 rings (SSSR count). The van der Waals surface area contributed by atoms with Crippen LogP contribution in [0.2, 0.25) is 0 Å². The normalized spacial score (nSPS) is 24.7. The first kappa shape index (κ1) is 31.5. The van der Waals surface area contributed by atoms with Gasteiger partial charge in [-0.3, -0.25) is 9.69 Å². The molecule has 3 fully saturated rings. The second-order valence-electron chi connectivity index (χ2n) is 12.3. The van der Waals surface area contributed by atoms with Crippen LogP contribution in [0.15, 0.2) is 36.9 Å². The third-order valence-corrected chi connectivity index (χ3v) is 10.4. The highest BCUT2D eigenvalue weighted by Crippen LogP contribution is 2.45. The fraction of sp³-hybridized carbons (Fsp3) is 0.438. The van der Waals surface area contributed by atoms with Gasteiger partial charge in [-0.05, 0) is 62.2 Å². The molecule has 248 valence electrons. The summed E-state index contributed by atoms with van der Waals surface area (Å²) >= 11 is 0.837. The van der Waals surface area contributed by atoms with E-state index in [1.165, 1.54) is 18.2 Å². The number of thiazole rings is 1. The molecule has 4 atom stereocenters. The lowest BCUT2D eigenvalue weighted by Crippen LogP contribution is -2.43. The maximum Gasteiger partial charge on any atom is 0.417 e. The Labute approximate surface area is 270 Å². The highest BCUT2D eigenvalue weighted by atomic mass is 32.1. The molecule has 0 spiro atoms. The van der Waals surface area contributed by atoms with E-state index in [2.05, 4.69) is 26.4 Å². The van der Waals surface area contributed by atoms with Gasteiger partial charge >= 0.3 is 12.2 Å². The summed E-state index contributed by atoms with van der Waals surface area (Å²) in [5, 5.41) is -0.0255. The standard InChI is InChI=1S/C32H31F5N6O3S/c1-3-25(44)43-10-7-24(16(43)2)46-28-20-11-21(32(35,36)37)19(18-5-6-22(34)27-26(18)40-29(38)47-27)12-23(20)39-30(41-28)45-15-31-8-4-9-42(31)14-17(33)13-31/h3,5-6,11-12,16-17,24H,1,4,7-10,13-15H2,2H3,(H2,38,40)/t16-,17-,24-,31+/m1/s1. The van der Waals surface area contributed by atoms with E-state index < -0.39 is 41.4 Å². The van der Waals surface area contributed by atoms with Crippen molar-refractivity contribution in [3.63, 3.8) is 0 Å². The summed E-state index contributed by atoms with van der Waals surface area (Å²) in [5.74, 6) is -1.09. The number of aromatic nitrogens is 3. The van der Waals surface area contributed by atoms with Gasteiger partial charge in [-0.1, -0.05) is 17.9 Å². The molecule has 3 aliphatic rings. The Hall–Kier alpha value is -4.11. The summed E-state index contributed by atoms with van der Waals surface area (Å²) in [4.78, 5) is 29.1. The number of nitrogens with zero attached hydrogens (tertiary/aromatic N) is 5. The van der Waals surface area contributed by atoms with Crippen LogP contribution in [-0.4, -0.2) is 80.8 Å². The van der Waals surface area contributed by atoms with Crippen LogP contribution < -0.4 is 15.2 Å². The second kappa shape index (κ2) is 11.5. The number of hydrogen-bond acceptors (Lipinski definition) is 9. The summed E-state index contributed by atoms with van der Waals surface area (Å²) in [5.41, 5.74) is 4.07. The first-order chi connectivity index (χ1) is 22.4. The average Bonchev–Trinajstić information content (AvgIpc) is 3.77. The van der Waals surface area contributed by atoms with E-state index >= 15 is 0 Å². The van der Waals surface area contributed by atoms with Crippen molar-refractivity contribution in [2.45, 2.75) is 62.6 Å². The van der Waals surface area contributed by atoms with Crippen LogP contribution in [-0.2, 0) is 11.0 Å². The number of fused-ring (bicyclic) bond motifs is 3. The Balaban J connectivity index is 1.36. The largest absolute Gasteiger partial charge is 0.471 e. The van der Waals surface area contributed by atoms with Crippen molar-refractivity contribution in [2.24, 2.45) is 0 Å². The highest BCUT2D eigenvalue weighted by Gasteiger charge is 2.49. The molecule has 0 radical (unpaired) electrons. The van der Waals surface area contributed by atoms with Crippen molar-refractivity contribution < 1.29 is 36.2 Å². The number of carbonyl (C=O) groups excluding carboxylic acids is 1. The molecule has 9 nitrogen and oxygen atoms in total. The molecule has 0 aliphatic carbocycles. The molecule has 1 amide bonds. The minimum Gasteiger partial charge on any atom is -0.471 e. The zero-order valence-electron chi connectivity index (χ0n) is 25.3. The van der Waals surface area contributed by atoms with Crippen LogP contribution >= 0.6 is 11.3 Å². The molecule has 4 aromatic rings. The number of ether oxygens (including phenoxy) is 2. The number of benzene rings is 2. The molecule has 0 bridgehead atoms. The number of amides is 1. The Bertz CT molecular complexity index is 1900. The lowest BCUT2D eigenvalue weighted by Gasteiger charge is -2.31. The molecule has 3 aliphatic heterocycles. The summed E-state index contributed by atoms with van der Waals surface area (Å²) < 4.78 is 85.7. The van der Waals surface area contributed by atoms with Crippen LogP contribution in [0.1, 0.15) is 38.2 Å². The monoisotopic (exact) mass is 674 g/mol. The number of hydrogen-bond donors (Lipinski definition) is 1. The Morgan fingerprint density at radius 1 is 1.21 bits per heavy atom. The van der Waals surface area contributed by atoms with Gasteiger partial charge in [-0.15, -0.1) is 0 Å². The number of nitrogens with two attached hydrogens (primary N) is 1. The smallest absolute Gasteiger partial charge is 0.417 e. The predicted octanol–water partition coefficient (Wildman–Crippen LogP) is 6.16. The van der Waals surface area contributed by atoms with Crippen molar-refractivity contribution in [3.8, 4) is 23.0 Å². The fourth-order valence-corrected chi connectivity index (χ4v) is 8.00. The number of carbonyl (C=O) groups is 1. The van der Waals surface area contributed by atoms with E-state index in [0.29, 0.717) is 25.9 Å². The molecule has 5 heterocycles. The SMILES string of the molecule is C=CC(=O)N1CC[C@@H](Oc2nc(OC[C@@]34CCCN3C[C@H](F)C4)nc3cc(-c4ccc(F)c5sc(N)nc45)c(C(F)(F)F)cc23)[C@H]1C. The number of rotatable bonds is 7. The van der Waals surface area contributed by atoms with Crippen molar-refractivity contribution in [3.05, 3.63) is 48.3 Å². The Kier molecular flexibility index (Phi) is 7.73. The summed E-state index contributed by atoms with van der Waals surface area (Å²) in [6.07, 6.45) is -2.92. The van der Waals surface area contributed by atoms with E-state index in [4.69, 9.17) is 15.2 Å². The number of nitrogen functional groups attached to an aromatic ring is 1. The molecular weight excluding hydrogens is 643 g/mol. The molecule has 0 unspecified atom stereocenters. The molecule has 3 saturated heterocycles. The molecule has 2 aromatic heterocycles. The molecule has 47 heavy (non-hydrogen) atoms. The van der Waals surface area contributed by atoms with E-state index in [1.807, 2.05) is 0 Å². The fourth-order valence-electron chi connectivity index (χ4n) is 7.24. The highest BCUT2D eigenvalue weighted by molar-refractivity contribution is 7.22. The van der Waals surface area contributed by atoms with Crippen LogP contribution in [0.4, 0.5) is 27.1 Å². The van der Waals surface area contributed by atoms with Gasteiger partial charge in [-0.2, -0.15) is 23.1 Å². The van der Waals surface area contributed by atoms with Crippen LogP contribution in [0, 0.1) is 5.82 Å². The minimum absolute atomic E-state index is 0.00598. The van der Waals surface area contributed by atoms with E-state index in [9.17, 15) is 26.7 Å². The molecule has 0 saturated carbocycles. The van der Waals surface area contributed by atoms with E-state index in [1.54, 1.807) is 11.8 Å². The van der Waals surface area contributed by atoms with Crippen molar-refractivity contribution in [1.29, 1.82) is 0 Å². The number of alkyl halides is 4. The lowest BCUT2D eigenvalue weighted by molar-refractivity contribution is -0.137. The molecular formula is C32H31F5N6O3S. The first-order valence-corrected chi connectivity index (χ1v) is 16.1.